The van der Waals surface area contributed by atoms with Crippen molar-refractivity contribution in [3.05, 3.63) is 59.2 Å². The quantitative estimate of drug-likeness (QED) is 0.771. The van der Waals surface area contributed by atoms with Crippen LogP contribution in [0.4, 0.5) is 4.79 Å². The van der Waals surface area contributed by atoms with Crippen molar-refractivity contribution in [2.45, 2.75) is 19.0 Å². The summed E-state index contributed by atoms with van der Waals surface area (Å²) < 4.78 is 16.4. The lowest BCUT2D eigenvalue weighted by Crippen LogP contribution is -2.47. The highest BCUT2D eigenvalue weighted by Crippen LogP contribution is 2.33. The molecule has 2 heterocycles. The predicted molar refractivity (Wildman–Crippen MR) is 119 cm³/mol. The van der Waals surface area contributed by atoms with Crippen LogP contribution in [-0.2, 0) is 17.7 Å². The Balaban J connectivity index is 1.42. The summed E-state index contributed by atoms with van der Waals surface area (Å²) in [7, 11) is 3.28. The van der Waals surface area contributed by atoms with E-state index in [2.05, 4.69) is 22.3 Å². The number of hydrogen-bond acceptors (Lipinski definition) is 5. The molecule has 1 fully saturated rings. The van der Waals surface area contributed by atoms with Crippen molar-refractivity contribution in [1.82, 2.24) is 15.1 Å². The number of methoxy groups -OCH3 is 2. The van der Waals surface area contributed by atoms with Gasteiger partial charge in [0.25, 0.3) is 0 Å². The van der Waals surface area contributed by atoms with E-state index in [4.69, 9.17) is 14.2 Å². The largest absolute Gasteiger partial charge is 0.493 e. The molecule has 0 spiro atoms. The topological polar surface area (TPSA) is 63.3 Å². The van der Waals surface area contributed by atoms with Crippen molar-refractivity contribution in [1.29, 1.82) is 0 Å². The van der Waals surface area contributed by atoms with Gasteiger partial charge in [0, 0.05) is 32.7 Å². The van der Waals surface area contributed by atoms with E-state index in [1.165, 1.54) is 11.1 Å². The standard InChI is InChI=1S/C24H31N3O4/c1-29-22-14-19-8-9-27(17-20(19)15-23(22)30-2)24(28)25-16-21(18-6-4-3-5-7-18)26-10-12-31-13-11-26/h3-7,14-15,21H,8-13,16-17H2,1-2H3,(H,25,28)/t21-/m0/s1. The third kappa shape index (κ3) is 4.94. The molecular weight excluding hydrogens is 394 g/mol. The SMILES string of the molecule is COc1cc2c(cc1OC)CN(C(=O)NC[C@@H](c1ccccc1)N1CCOCC1)CC2. The lowest BCUT2D eigenvalue weighted by Gasteiger charge is -2.36. The normalized spacial score (nSPS) is 17.5. The molecule has 4 rings (SSSR count). The molecule has 1 atom stereocenters. The summed E-state index contributed by atoms with van der Waals surface area (Å²) in [5, 5.41) is 3.18. The number of benzene rings is 2. The van der Waals surface area contributed by atoms with Crippen LogP contribution in [0.2, 0.25) is 0 Å². The monoisotopic (exact) mass is 425 g/mol. The molecule has 166 valence electrons. The molecule has 2 aromatic rings. The Morgan fingerprint density at radius 3 is 2.39 bits per heavy atom. The van der Waals surface area contributed by atoms with Gasteiger partial charge in [-0.2, -0.15) is 0 Å². The van der Waals surface area contributed by atoms with Gasteiger partial charge in [0.15, 0.2) is 11.5 Å². The lowest BCUT2D eigenvalue weighted by molar-refractivity contribution is 0.0164. The van der Waals surface area contributed by atoms with Gasteiger partial charge in [-0.25, -0.2) is 4.79 Å². The smallest absolute Gasteiger partial charge is 0.317 e. The van der Waals surface area contributed by atoms with Gasteiger partial charge in [-0.1, -0.05) is 30.3 Å². The number of carbonyl (C=O) groups excluding carboxylic acids is 1. The second-order valence-electron chi connectivity index (χ2n) is 7.91. The number of ether oxygens (including phenoxy) is 3. The molecular formula is C24H31N3O4. The zero-order chi connectivity index (χ0) is 21.6. The minimum absolute atomic E-state index is 0.0328. The van der Waals surface area contributed by atoms with Crippen molar-refractivity contribution in [3.63, 3.8) is 0 Å². The summed E-state index contributed by atoms with van der Waals surface area (Å²) in [6.07, 6.45) is 0.800. The summed E-state index contributed by atoms with van der Waals surface area (Å²) in [6, 6.07) is 14.5. The fraction of sp³-hybridized carbons (Fsp3) is 0.458. The Hall–Kier alpha value is -2.77. The Morgan fingerprint density at radius 1 is 1.03 bits per heavy atom. The highest BCUT2D eigenvalue weighted by Gasteiger charge is 2.26. The molecule has 0 aliphatic carbocycles. The maximum Gasteiger partial charge on any atom is 0.317 e. The van der Waals surface area contributed by atoms with Crippen LogP contribution in [0.5, 0.6) is 11.5 Å². The maximum absolute atomic E-state index is 13.0. The molecule has 0 saturated carbocycles. The molecule has 0 aromatic heterocycles. The third-order valence-electron chi connectivity index (χ3n) is 6.12. The van der Waals surface area contributed by atoms with E-state index in [-0.39, 0.29) is 12.1 Å². The minimum atomic E-state index is -0.0328. The Kier molecular flexibility index (Phi) is 6.94. The van der Waals surface area contributed by atoms with E-state index >= 15 is 0 Å². The Bertz CT molecular complexity index is 884. The summed E-state index contributed by atoms with van der Waals surface area (Å²) >= 11 is 0. The van der Waals surface area contributed by atoms with Gasteiger partial charge >= 0.3 is 6.03 Å². The Morgan fingerprint density at radius 2 is 1.71 bits per heavy atom. The molecule has 7 nitrogen and oxygen atoms in total. The number of nitrogens with one attached hydrogen (secondary N) is 1. The van der Waals surface area contributed by atoms with Crippen LogP contribution in [0, 0.1) is 0 Å². The van der Waals surface area contributed by atoms with E-state index in [1.54, 1.807) is 14.2 Å². The summed E-state index contributed by atoms with van der Waals surface area (Å²) in [5.74, 6) is 1.43. The second kappa shape index (κ2) is 10.0. The van der Waals surface area contributed by atoms with Gasteiger partial charge in [-0.15, -0.1) is 0 Å². The number of hydrogen-bond donors (Lipinski definition) is 1. The fourth-order valence-corrected chi connectivity index (χ4v) is 4.37. The van der Waals surface area contributed by atoms with Gasteiger partial charge in [0.2, 0.25) is 0 Å². The first-order valence-corrected chi connectivity index (χ1v) is 10.8. The molecule has 1 N–H and O–H groups in total. The summed E-state index contributed by atoms with van der Waals surface area (Å²) in [5.41, 5.74) is 3.52. The second-order valence-corrected chi connectivity index (χ2v) is 7.91. The van der Waals surface area contributed by atoms with E-state index in [1.807, 2.05) is 35.2 Å². The van der Waals surface area contributed by atoms with Crippen molar-refractivity contribution < 1.29 is 19.0 Å². The molecule has 31 heavy (non-hydrogen) atoms. The average Bonchev–Trinajstić information content (AvgIpc) is 2.84. The first-order chi connectivity index (χ1) is 15.2. The number of fused-ring (bicyclic) bond motifs is 1. The highest BCUT2D eigenvalue weighted by atomic mass is 16.5. The zero-order valence-corrected chi connectivity index (χ0v) is 18.3. The number of urea groups is 1. The third-order valence-corrected chi connectivity index (χ3v) is 6.12. The lowest BCUT2D eigenvalue weighted by atomic mass is 9.99. The van der Waals surface area contributed by atoms with Crippen molar-refractivity contribution in [3.8, 4) is 11.5 Å². The van der Waals surface area contributed by atoms with E-state index in [0.29, 0.717) is 25.4 Å². The molecule has 0 bridgehead atoms. The fourth-order valence-electron chi connectivity index (χ4n) is 4.37. The van der Waals surface area contributed by atoms with E-state index in [0.717, 1.165) is 44.0 Å². The first kappa shape index (κ1) is 21.5. The molecule has 0 radical (unpaired) electrons. The van der Waals surface area contributed by atoms with Gasteiger partial charge < -0.3 is 24.4 Å². The first-order valence-electron chi connectivity index (χ1n) is 10.8. The van der Waals surface area contributed by atoms with Crippen LogP contribution in [0.15, 0.2) is 42.5 Å². The number of nitrogens with zero attached hydrogens (tertiary/aromatic N) is 2. The number of carbonyl (C=O) groups is 1. The molecule has 1 saturated heterocycles. The van der Waals surface area contributed by atoms with Crippen LogP contribution < -0.4 is 14.8 Å². The van der Waals surface area contributed by atoms with E-state index in [9.17, 15) is 4.79 Å². The average molecular weight is 426 g/mol. The zero-order valence-electron chi connectivity index (χ0n) is 18.3. The molecule has 2 aliphatic heterocycles. The summed E-state index contributed by atoms with van der Waals surface area (Å²) in [4.78, 5) is 17.3. The van der Waals surface area contributed by atoms with Crippen molar-refractivity contribution in [2.75, 3.05) is 53.6 Å². The predicted octanol–water partition coefficient (Wildman–Crippen LogP) is 2.85. The van der Waals surface area contributed by atoms with Gasteiger partial charge in [-0.05, 0) is 35.2 Å². The van der Waals surface area contributed by atoms with Gasteiger partial charge in [-0.3, -0.25) is 4.90 Å². The van der Waals surface area contributed by atoms with Crippen molar-refractivity contribution >= 4 is 6.03 Å². The maximum atomic E-state index is 13.0. The molecule has 7 heteroatoms. The molecule has 2 aromatic carbocycles. The van der Waals surface area contributed by atoms with Gasteiger partial charge in [0.05, 0.1) is 33.5 Å². The molecule has 0 unspecified atom stereocenters. The van der Waals surface area contributed by atoms with Crippen LogP contribution in [0.3, 0.4) is 0 Å². The number of rotatable bonds is 6. The molecule has 2 amide bonds. The number of morpholine rings is 1. The van der Waals surface area contributed by atoms with E-state index < -0.39 is 0 Å². The van der Waals surface area contributed by atoms with Gasteiger partial charge in [0.1, 0.15) is 0 Å². The Labute approximate surface area is 183 Å². The van der Waals surface area contributed by atoms with Crippen LogP contribution >= 0.6 is 0 Å². The number of amides is 2. The van der Waals surface area contributed by atoms with Crippen LogP contribution in [0.1, 0.15) is 22.7 Å². The van der Waals surface area contributed by atoms with Crippen LogP contribution in [-0.4, -0.2) is 69.4 Å². The highest BCUT2D eigenvalue weighted by molar-refractivity contribution is 5.74. The van der Waals surface area contributed by atoms with Crippen molar-refractivity contribution in [2.24, 2.45) is 0 Å². The minimum Gasteiger partial charge on any atom is -0.493 e. The van der Waals surface area contributed by atoms with Crippen LogP contribution in [0.25, 0.3) is 0 Å². The molecule has 2 aliphatic rings. The summed E-state index contributed by atoms with van der Waals surface area (Å²) in [6.45, 7) is 5.01.